The van der Waals surface area contributed by atoms with E-state index in [2.05, 4.69) is 0 Å². The maximum atomic E-state index is 12.1. The third kappa shape index (κ3) is 5.69. The molecule has 0 spiro atoms. The molecule has 2 rings (SSSR count). The molecule has 0 atom stereocenters. The zero-order chi connectivity index (χ0) is 18.7. The number of nitrogens with zero attached hydrogens (tertiary/aromatic N) is 1. The number of benzene rings is 1. The topological polar surface area (TPSA) is 82.1 Å². The van der Waals surface area contributed by atoms with Crippen LogP contribution in [-0.4, -0.2) is 57.4 Å². The SMILES string of the molecule is Cc1ccccc1S(=O)(=O)OCCOC1CN(C(=O)OC(C)(C)C)C1. The predicted octanol–water partition coefficient (Wildman–Crippen LogP) is 2.34. The second-order valence-corrected chi connectivity index (χ2v) is 8.50. The van der Waals surface area contributed by atoms with Crippen molar-refractivity contribution in [3.63, 3.8) is 0 Å². The Labute approximate surface area is 149 Å². The maximum absolute atomic E-state index is 12.1. The number of carbonyl (C=O) groups is 1. The van der Waals surface area contributed by atoms with Crippen LogP contribution in [0.5, 0.6) is 0 Å². The molecule has 1 saturated heterocycles. The molecular formula is C17H25NO6S. The lowest BCUT2D eigenvalue weighted by Gasteiger charge is -2.39. The van der Waals surface area contributed by atoms with Crippen molar-refractivity contribution in [2.24, 2.45) is 0 Å². The lowest BCUT2D eigenvalue weighted by molar-refractivity contribution is -0.0675. The summed E-state index contributed by atoms with van der Waals surface area (Å²) in [6.45, 7) is 8.07. The molecule has 0 aromatic heterocycles. The largest absolute Gasteiger partial charge is 0.444 e. The van der Waals surface area contributed by atoms with E-state index in [1.165, 1.54) is 6.07 Å². The number of carbonyl (C=O) groups excluding carboxylic acids is 1. The minimum Gasteiger partial charge on any atom is -0.444 e. The summed E-state index contributed by atoms with van der Waals surface area (Å²) in [5, 5.41) is 0. The van der Waals surface area contributed by atoms with Gasteiger partial charge in [-0.25, -0.2) is 4.79 Å². The molecule has 8 heteroatoms. The monoisotopic (exact) mass is 371 g/mol. The van der Waals surface area contributed by atoms with Gasteiger partial charge in [-0.15, -0.1) is 0 Å². The lowest BCUT2D eigenvalue weighted by atomic mass is 10.2. The number of hydrogen-bond donors (Lipinski definition) is 0. The molecule has 1 aliphatic rings. The van der Waals surface area contributed by atoms with E-state index in [-0.39, 0.29) is 30.3 Å². The molecule has 1 aromatic carbocycles. The van der Waals surface area contributed by atoms with Crippen LogP contribution in [0.1, 0.15) is 26.3 Å². The van der Waals surface area contributed by atoms with Gasteiger partial charge < -0.3 is 14.4 Å². The number of aryl methyl sites for hydroxylation is 1. The number of rotatable bonds is 6. The van der Waals surface area contributed by atoms with Crippen LogP contribution in [-0.2, 0) is 23.8 Å². The van der Waals surface area contributed by atoms with Crippen molar-refractivity contribution >= 4 is 16.2 Å². The van der Waals surface area contributed by atoms with Gasteiger partial charge in [0.25, 0.3) is 10.1 Å². The van der Waals surface area contributed by atoms with Gasteiger partial charge in [0.2, 0.25) is 0 Å². The quantitative estimate of drug-likeness (QED) is 0.564. The summed E-state index contributed by atoms with van der Waals surface area (Å²) < 4.78 is 40.0. The van der Waals surface area contributed by atoms with E-state index in [1.54, 1.807) is 30.0 Å². The summed E-state index contributed by atoms with van der Waals surface area (Å²) in [5.41, 5.74) is 0.108. The van der Waals surface area contributed by atoms with Gasteiger partial charge in [0, 0.05) is 0 Å². The van der Waals surface area contributed by atoms with Crippen LogP contribution in [0.25, 0.3) is 0 Å². The average Bonchev–Trinajstić information content (AvgIpc) is 2.43. The van der Waals surface area contributed by atoms with Crippen LogP contribution in [0.2, 0.25) is 0 Å². The summed E-state index contributed by atoms with van der Waals surface area (Å²) in [7, 11) is -3.79. The zero-order valence-corrected chi connectivity index (χ0v) is 15.8. The average molecular weight is 371 g/mol. The molecule has 0 bridgehead atoms. The van der Waals surface area contributed by atoms with Crippen LogP contribution < -0.4 is 0 Å². The Morgan fingerprint density at radius 1 is 1.20 bits per heavy atom. The molecule has 1 fully saturated rings. The fraction of sp³-hybridized carbons (Fsp3) is 0.588. The number of hydrogen-bond acceptors (Lipinski definition) is 6. The highest BCUT2D eigenvalue weighted by atomic mass is 32.2. The van der Waals surface area contributed by atoms with Gasteiger partial charge >= 0.3 is 6.09 Å². The third-order valence-corrected chi connectivity index (χ3v) is 5.01. The Morgan fingerprint density at radius 3 is 2.44 bits per heavy atom. The highest BCUT2D eigenvalue weighted by Gasteiger charge is 2.34. The van der Waals surface area contributed by atoms with Crippen LogP contribution in [0.3, 0.4) is 0 Å². The zero-order valence-electron chi connectivity index (χ0n) is 15.0. The highest BCUT2D eigenvalue weighted by molar-refractivity contribution is 7.86. The Hall–Kier alpha value is -1.64. The van der Waals surface area contributed by atoms with E-state index in [4.69, 9.17) is 13.7 Å². The number of ether oxygens (including phenoxy) is 2. The van der Waals surface area contributed by atoms with Crippen LogP contribution in [0.15, 0.2) is 29.2 Å². The molecule has 7 nitrogen and oxygen atoms in total. The van der Waals surface area contributed by atoms with Crippen molar-refractivity contribution in [2.75, 3.05) is 26.3 Å². The molecule has 0 unspecified atom stereocenters. The Balaban J connectivity index is 1.68. The maximum Gasteiger partial charge on any atom is 0.410 e. The van der Waals surface area contributed by atoms with Gasteiger partial charge in [-0.2, -0.15) is 8.42 Å². The van der Waals surface area contributed by atoms with E-state index >= 15 is 0 Å². The number of amides is 1. The highest BCUT2D eigenvalue weighted by Crippen LogP contribution is 2.18. The Kier molecular flexibility index (Phi) is 6.08. The van der Waals surface area contributed by atoms with Crippen molar-refractivity contribution in [2.45, 2.75) is 44.3 Å². The van der Waals surface area contributed by atoms with Crippen LogP contribution >= 0.6 is 0 Å². The molecule has 140 valence electrons. The molecule has 1 aromatic rings. The molecule has 0 radical (unpaired) electrons. The summed E-state index contributed by atoms with van der Waals surface area (Å²) in [4.78, 5) is 13.5. The van der Waals surface area contributed by atoms with Crippen molar-refractivity contribution in [1.29, 1.82) is 0 Å². The van der Waals surface area contributed by atoms with Crippen LogP contribution in [0.4, 0.5) is 4.79 Å². The molecular weight excluding hydrogens is 346 g/mol. The molecule has 1 aliphatic heterocycles. The first-order valence-electron chi connectivity index (χ1n) is 8.13. The summed E-state index contributed by atoms with van der Waals surface area (Å²) in [5.74, 6) is 0. The van der Waals surface area contributed by atoms with Gasteiger partial charge in [0.1, 0.15) is 5.60 Å². The van der Waals surface area contributed by atoms with E-state index < -0.39 is 15.7 Å². The molecule has 0 N–H and O–H groups in total. The molecule has 0 saturated carbocycles. The predicted molar refractivity (Wildman–Crippen MR) is 91.9 cm³/mol. The fourth-order valence-electron chi connectivity index (χ4n) is 2.28. The number of likely N-dealkylation sites (tertiary alicyclic amines) is 1. The van der Waals surface area contributed by atoms with E-state index in [1.807, 2.05) is 20.8 Å². The van der Waals surface area contributed by atoms with Crippen molar-refractivity contribution in [1.82, 2.24) is 4.90 Å². The smallest absolute Gasteiger partial charge is 0.410 e. The summed E-state index contributed by atoms with van der Waals surface area (Å²) in [6, 6.07) is 6.65. The van der Waals surface area contributed by atoms with Crippen molar-refractivity contribution < 1.29 is 26.9 Å². The molecule has 1 heterocycles. The first-order valence-corrected chi connectivity index (χ1v) is 9.54. The Bertz CT molecular complexity index is 704. The second kappa shape index (κ2) is 7.72. The molecule has 25 heavy (non-hydrogen) atoms. The van der Waals surface area contributed by atoms with E-state index in [0.717, 1.165) is 0 Å². The molecule has 0 aliphatic carbocycles. The molecule has 1 amide bonds. The van der Waals surface area contributed by atoms with Crippen LogP contribution in [0, 0.1) is 6.92 Å². The van der Waals surface area contributed by atoms with Crippen molar-refractivity contribution in [3.05, 3.63) is 29.8 Å². The fourth-order valence-corrected chi connectivity index (χ4v) is 3.40. The van der Waals surface area contributed by atoms with Gasteiger partial charge in [0.15, 0.2) is 0 Å². The van der Waals surface area contributed by atoms with Crippen molar-refractivity contribution in [3.8, 4) is 0 Å². The van der Waals surface area contributed by atoms with Gasteiger partial charge in [-0.3, -0.25) is 4.18 Å². The first-order chi connectivity index (χ1) is 11.6. The first kappa shape index (κ1) is 19.7. The van der Waals surface area contributed by atoms with Gasteiger partial charge in [-0.05, 0) is 39.3 Å². The normalized spacial score (nSPS) is 15.8. The Morgan fingerprint density at radius 2 is 1.84 bits per heavy atom. The minimum atomic E-state index is -3.79. The summed E-state index contributed by atoms with van der Waals surface area (Å²) in [6.07, 6.45) is -0.497. The minimum absolute atomic E-state index is 0.0698. The standard InChI is InChI=1S/C17H25NO6S/c1-13-7-5-6-8-15(13)25(20,21)23-10-9-22-14-11-18(12-14)16(19)24-17(2,3)4/h5-8,14H,9-12H2,1-4H3. The lowest BCUT2D eigenvalue weighted by Crippen LogP contribution is -2.56. The second-order valence-electron chi connectivity index (χ2n) is 6.92. The third-order valence-electron chi connectivity index (χ3n) is 3.54. The van der Waals surface area contributed by atoms with E-state index in [9.17, 15) is 13.2 Å². The summed E-state index contributed by atoms with van der Waals surface area (Å²) >= 11 is 0. The van der Waals surface area contributed by atoms with E-state index in [0.29, 0.717) is 18.7 Å². The van der Waals surface area contributed by atoms with Gasteiger partial charge in [-0.1, -0.05) is 18.2 Å². The van der Waals surface area contributed by atoms with Gasteiger partial charge in [0.05, 0.1) is 37.3 Å².